The minimum absolute atomic E-state index is 0.0417. The molecule has 0 spiro atoms. The summed E-state index contributed by atoms with van der Waals surface area (Å²) in [5.74, 6) is -0.242. The second-order valence-corrected chi connectivity index (χ2v) is 5.01. The van der Waals surface area contributed by atoms with Gasteiger partial charge in [-0.25, -0.2) is 0 Å². The smallest absolute Gasteiger partial charge is 0.239 e. The van der Waals surface area contributed by atoms with Gasteiger partial charge in [-0.05, 0) is 6.42 Å². The Labute approximate surface area is 119 Å². The maximum Gasteiger partial charge on any atom is 0.239 e. The standard InChI is InChI=1S/C13H25N3O4/c1-3-4-14-12(18)8-15(2)13(19)9-16-5-6-20-11(7-16)10-17/h11,17H,3-10H2,1-2H3,(H,14,18). The van der Waals surface area contributed by atoms with Crippen LogP contribution in [0.5, 0.6) is 0 Å². The lowest BCUT2D eigenvalue weighted by Gasteiger charge is -2.32. The van der Waals surface area contributed by atoms with Crippen LogP contribution in [0.2, 0.25) is 0 Å². The lowest BCUT2D eigenvalue weighted by atomic mass is 10.3. The molecular formula is C13H25N3O4. The van der Waals surface area contributed by atoms with E-state index in [-0.39, 0.29) is 37.6 Å². The number of hydrogen-bond donors (Lipinski definition) is 2. The second-order valence-electron chi connectivity index (χ2n) is 5.01. The molecule has 0 aromatic carbocycles. The van der Waals surface area contributed by atoms with Crippen molar-refractivity contribution in [2.75, 3.05) is 53.0 Å². The normalized spacial score (nSPS) is 19.6. The van der Waals surface area contributed by atoms with Crippen molar-refractivity contribution in [1.82, 2.24) is 15.1 Å². The van der Waals surface area contributed by atoms with Crippen LogP contribution in [0.15, 0.2) is 0 Å². The summed E-state index contributed by atoms with van der Waals surface area (Å²) in [5, 5.41) is 11.8. The van der Waals surface area contributed by atoms with Crippen molar-refractivity contribution in [3.05, 3.63) is 0 Å². The lowest BCUT2D eigenvalue weighted by molar-refractivity contribution is -0.137. The molecule has 1 atom stereocenters. The molecule has 0 saturated carbocycles. The fourth-order valence-corrected chi connectivity index (χ4v) is 1.97. The molecule has 0 radical (unpaired) electrons. The molecule has 7 nitrogen and oxygen atoms in total. The fraction of sp³-hybridized carbons (Fsp3) is 0.846. The average Bonchev–Trinajstić information content (AvgIpc) is 2.45. The summed E-state index contributed by atoms with van der Waals surface area (Å²) in [6.07, 6.45) is 0.648. The quantitative estimate of drug-likeness (QED) is 0.606. The zero-order chi connectivity index (χ0) is 15.0. The van der Waals surface area contributed by atoms with Crippen molar-refractivity contribution in [1.29, 1.82) is 0 Å². The molecule has 2 N–H and O–H groups in total. The van der Waals surface area contributed by atoms with Gasteiger partial charge in [0.2, 0.25) is 11.8 Å². The lowest BCUT2D eigenvalue weighted by Crippen LogP contribution is -2.49. The first kappa shape index (κ1) is 16.9. The molecule has 1 rings (SSSR count). The van der Waals surface area contributed by atoms with Crippen LogP contribution in [0, 0.1) is 0 Å². The van der Waals surface area contributed by atoms with Gasteiger partial charge in [0.25, 0.3) is 0 Å². The second kappa shape index (κ2) is 8.89. The number of rotatable bonds is 7. The number of amides is 2. The van der Waals surface area contributed by atoms with Crippen molar-refractivity contribution >= 4 is 11.8 Å². The van der Waals surface area contributed by atoms with E-state index in [9.17, 15) is 9.59 Å². The third-order valence-electron chi connectivity index (χ3n) is 3.16. The van der Waals surface area contributed by atoms with Gasteiger partial charge in [0, 0.05) is 26.7 Å². The zero-order valence-electron chi connectivity index (χ0n) is 12.3. The van der Waals surface area contributed by atoms with Crippen LogP contribution in [0.4, 0.5) is 0 Å². The van der Waals surface area contributed by atoms with E-state index in [0.717, 1.165) is 6.42 Å². The number of aliphatic hydroxyl groups is 1. The predicted octanol–water partition coefficient (Wildman–Crippen LogP) is -1.34. The van der Waals surface area contributed by atoms with Crippen LogP contribution in [0.1, 0.15) is 13.3 Å². The van der Waals surface area contributed by atoms with Crippen LogP contribution < -0.4 is 5.32 Å². The molecule has 1 heterocycles. The SMILES string of the molecule is CCCNC(=O)CN(C)C(=O)CN1CCOC(CO)C1. The van der Waals surface area contributed by atoms with Crippen LogP contribution >= 0.6 is 0 Å². The molecule has 0 aromatic heterocycles. The highest BCUT2D eigenvalue weighted by Gasteiger charge is 2.23. The minimum atomic E-state index is -0.227. The van der Waals surface area contributed by atoms with Gasteiger partial charge in [-0.15, -0.1) is 0 Å². The molecule has 1 aliphatic rings. The highest BCUT2D eigenvalue weighted by Crippen LogP contribution is 2.04. The van der Waals surface area contributed by atoms with Gasteiger partial charge >= 0.3 is 0 Å². The van der Waals surface area contributed by atoms with Gasteiger partial charge in [-0.1, -0.05) is 6.92 Å². The fourth-order valence-electron chi connectivity index (χ4n) is 1.97. The third-order valence-corrected chi connectivity index (χ3v) is 3.16. The van der Waals surface area contributed by atoms with Crippen LogP contribution in [0.25, 0.3) is 0 Å². The first-order chi connectivity index (χ1) is 9.56. The van der Waals surface area contributed by atoms with Crippen molar-refractivity contribution < 1.29 is 19.4 Å². The summed E-state index contributed by atoms with van der Waals surface area (Å²) in [4.78, 5) is 26.9. The summed E-state index contributed by atoms with van der Waals surface area (Å²) < 4.78 is 5.33. The molecule has 116 valence electrons. The first-order valence-electron chi connectivity index (χ1n) is 7.02. The van der Waals surface area contributed by atoms with E-state index in [2.05, 4.69) is 5.32 Å². The van der Waals surface area contributed by atoms with E-state index in [1.807, 2.05) is 11.8 Å². The Hall–Kier alpha value is -1.18. The number of ether oxygens (including phenoxy) is 1. The Kier molecular flexibility index (Phi) is 7.50. The maximum absolute atomic E-state index is 12.0. The number of hydrogen-bond acceptors (Lipinski definition) is 5. The Balaban J connectivity index is 2.32. The van der Waals surface area contributed by atoms with Crippen molar-refractivity contribution in [2.45, 2.75) is 19.4 Å². The van der Waals surface area contributed by atoms with Crippen molar-refractivity contribution in [3.63, 3.8) is 0 Å². The van der Waals surface area contributed by atoms with Crippen LogP contribution in [-0.2, 0) is 14.3 Å². The van der Waals surface area contributed by atoms with Gasteiger partial charge in [-0.3, -0.25) is 14.5 Å². The van der Waals surface area contributed by atoms with E-state index in [1.54, 1.807) is 7.05 Å². The number of likely N-dealkylation sites (N-methyl/N-ethyl adjacent to an activating group) is 1. The number of aliphatic hydroxyl groups excluding tert-OH is 1. The van der Waals surface area contributed by atoms with Gasteiger partial charge in [-0.2, -0.15) is 0 Å². The molecule has 2 amide bonds. The van der Waals surface area contributed by atoms with Gasteiger partial charge in [0.1, 0.15) is 0 Å². The third kappa shape index (κ3) is 5.85. The number of carbonyl (C=O) groups is 2. The van der Waals surface area contributed by atoms with Crippen molar-refractivity contribution in [2.24, 2.45) is 0 Å². The molecule has 0 aromatic rings. The summed E-state index contributed by atoms with van der Waals surface area (Å²) in [7, 11) is 1.62. The molecule has 0 bridgehead atoms. The van der Waals surface area contributed by atoms with E-state index in [4.69, 9.17) is 9.84 Å². The highest BCUT2D eigenvalue weighted by molar-refractivity contribution is 5.85. The first-order valence-corrected chi connectivity index (χ1v) is 7.02. The number of nitrogens with one attached hydrogen (secondary N) is 1. The Morgan fingerprint density at radius 3 is 2.90 bits per heavy atom. The zero-order valence-corrected chi connectivity index (χ0v) is 12.3. The molecular weight excluding hydrogens is 262 g/mol. The van der Waals surface area contributed by atoms with Gasteiger partial charge in [0.15, 0.2) is 0 Å². The molecule has 20 heavy (non-hydrogen) atoms. The Morgan fingerprint density at radius 1 is 1.50 bits per heavy atom. The molecule has 1 aliphatic heterocycles. The average molecular weight is 287 g/mol. The van der Waals surface area contributed by atoms with Crippen LogP contribution in [0.3, 0.4) is 0 Å². The van der Waals surface area contributed by atoms with E-state index >= 15 is 0 Å². The summed E-state index contributed by atoms with van der Waals surface area (Å²) in [6, 6.07) is 0. The summed E-state index contributed by atoms with van der Waals surface area (Å²) in [5.41, 5.74) is 0. The van der Waals surface area contributed by atoms with Gasteiger partial charge < -0.3 is 20.1 Å². The highest BCUT2D eigenvalue weighted by atomic mass is 16.5. The molecule has 0 aliphatic carbocycles. The number of morpholine rings is 1. The Morgan fingerprint density at radius 2 is 2.25 bits per heavy atom. The van der Waals surface area contributed by atoms with E-state index in [0.29, 0.717) is 26.2 Å². The molecule has 1 unspecified atom stereocenters. The monoisotopic (exact) mass is 287 g/mol. The minimum Gasteiger partial charge on any atom is -0.394 e. The largest absolute Gasteiger partial charge is 0.394 e. The molecule has 7 heteroatoms. The topological polar surface area (TPSA) is 82.1 Å². The van der Waals surface area contributed by atoms with E-state index < -0.39 is 0 Å². The summed E-state index contributed by atoms with van der Waals surface area (Å²) >= 11 is 0. The molecule has 1 fully saturated rings. The predicted molar refractivity (Wildman–Crippen MR) is 74.2 cm³/mol. The van der Waals surface area contributed by atoms with E-state index in [1.165, 1.54) is 4.90 Å². The van der Waals surface area contributed by atoms with Crippen molar-refractivity contribution in [3.8, 4) is 0 Å². The number of carbonyl (C=O) groups excluding carboxylic acids is 2. The number of nitrogens with zero attached hydrogens (tertiary/aromatic N) is 2. The summed E-state index contributed by atoms with van der Waals surface area (Å²) in [6.45, 7) is 4.60. The Bertz CT molecular complexity index is 325. The maximum atomic E-state index is 12.0. The van der Waals surface area contributed by atoms with Crippen LogP contribution in [-0.4, -0.2) is 85.8 Å². The van der Waals surface area contributed by atoms with Gasteiger partial charge in [0.05, 0.1) is 32.4 Å². The molecule has 1 saturated heterocycles.